The Bertz CT molecular complexity index is 2520. The van der Waals surface area contributed by atoms with Gasteiger partial charge in [-0.15, -0.1) is 11.3 Å². The number of H-pyrrole nitrogens is 2. The quantitative estimate of drug-likeness (QED) is 0.120. The third kappa shape index (κ3) is 7.00. The SMILES string of the molecule is COC(=O)N[C@H](C(=O)N1CCC[C@H]1c1nc2ccc3nc(-c4cc5ccc6nc([C@@H]7CCCN7C(=O)[C@@H](NC(=O)OC)C(C)C)[nH]c6c5s4)ccc3c2[nH]1)C(C)C. The van der Waals surface area contributed by atoms with Gasteiger partial charge in [-0.25, -0.2) is 24.5 Å². The van der Waals surface area contributed by atoms with Gasteiger partial charge < -0.3 is 39.9 Å². The molecule has 4 aromatic heterocycles. The zero-order valence-corrected chi connectivity index (χ0v) is 33.7. The highest BCUT2D eigenvalue weighted by Crippen LogP contribution is 2.40. The van der Waals surface area contributed by atoms with E-state index in [1.807, 2.05) is 61.8 Å². The average molecular weight is 794 g/mol. The molecule has 57 heavy (non-hydrogen) atoms. The number of imidazole rings is 2. The first-order chi connectivity index (χ1) is 27.4. The molecule has 0 saturated carbocycles. The van der Waals surface area contributed by atoms with Crippen LogP contribution in [0.1, 0.15) is 77.1 Å². The molecule has 8 rings (SSSR count). The molecule has 2 aliphatic rings. The molecule has 2 fully saturated rings. The number of nitrogens with zero attached hydrogens (tertiary/aromatic N) is 5. The predicted molar refractivity (Wildman–Crippen MR) is 218 cm³/mol. The standard InChI is InChI=1S/C41H47N9O6S/c1-20(2)31(47-40(53)55-5)38(51)49-17-7-9-28(49)36-43-26-16-15-24-23(33(26)45-36)12-14-25(42-24)30-19-22-11-13-27-34(35(22)57-30)46-37(44-27)29-10-8-18-50(29)39(52)32(21(3)4)48-41(54)56-6/h11-16,19-21,28-29,31-32H,7-10,17-18H2,1-6H3,(H,43,45)(H,44,46)(H,47,53)(H,48,54)/t28-,29-,31-,32-/m0/s1. The number of ether oxygens (including phenoxy) is 2. The largest absolute Gasteiger partial charge is 0.453 e. The van der Waals surface area contributed by atoms with Crippen molar-refractivity contribution in [1.82, 2.24) is 45.4 Å². The molecule has 6 aromatic rings. The van der Waals surface area contributed by atoms with Gasteiger partial charge in [0.05, 0.1) is 69.2 Å². The van der Waals surface area contributed by atoms with Crippen molar-refractivity contribution in [3.05, 3.63) is 54.1 Å². The predicted octanol–water partition coefficient (Wildman–Crippen LogP) is 6.96. The Morgan fingerprint density at radius 2 is 1.25 bits per heavy atom. The molecule has 4 N–H and O–H groups in total. The summed E-state index contributed by atoms with van der Waals surface area (Å²) in [5, 5.41) is 7.41. The molecule has 0 spiro atoms. The van der Waals surface area contributed by atoms with Gasteiger partial charge in [0.15, 0.2) is 0 Å². The lowest BCUT2D eigenvalue weighted by Crippen LogP contribution is -2.51. The Kier molecular flexibility index (Phi) is 10.2. The van der Waals surface area contributed by atoms with Crippen LogP contribution in [0.4, 0.5) is 9.59 Å². The van der Waals surface area contributed by atoms with Crippen LogP contribution < -0.4 is 10.6 Å². The molecule has 298 valence electrons. The normalized spacial score (nSPS) is 18.3. The molecule has 0 unspecified atom stereocenters. The summed E-state index contributed by atoms with van der Waals surface area (Å²) in [5.41, 5.74) is 5.04. The van der Waals surface area contributed by atoms with Crippen molar-refractivity contribution in [2.24, 2.45) is 11.8 Å². The summed E-state index contributed by atoms with van der Waals surface area (Å²) >= 11 is 1.64. The van der Waals surface area contributed by atoms with Gasteiger partial charge in [0.1, 0.15) is 23.7 Å². The van der Waals surface area contributed by atoms with Crippen molar-refractivity contribution in [2.75, 3.05) is 27.3 Å². The summed E-state index contributed by atoms with van der Waals surface area (Å²) in [6, 6.07) is 12.3. The van der Waals surface area contributed by atoms with Crippen molar-refractivity contribution >= 4 is 78.4 Å². The minimum atomic E-state index is -0.708. The molecule has 0 bridgehead atoms. The van der Waals surface area contributed by atoms with Crippen LogP contribution in [-0.4, -0.2) is 98.1 Å². The van der Waals surface area contributed by atoms with Crippen LogP contribution in [0, 0.1) is 11.8 Å². The van der Waals surface area contributed by atoms with Gasteiger partial charge in [0, 0.05) is 18.5 Å². The molecular formula is C41H47N9O6S. The third-order valence-corrected chi connectivity index (χ3v) is 12.4. The number of carbonyl (C=O) groups is 4. The number of benzene rings is 2. The number of fused-ring (bicyclic) bond motifs is 6. The number of likely N-dealkylation sites (tertiary alicyclic amines) is 2. The lowest BCUT2D eigenvalue weighted by molar-refractivity contribution is -0.136. The number of pyridine rings is 1. The number of thiophene rings is 1. The third-order valence-electron chi connectivity index (χ3n) is 11.2. The minimum absolute atomic E-state index is 0.119. The number of aromatic amines is 2. The fraction of sp³-hybridized carbons (Fsp3) is 0.439. The molecule has 0 aliphatic carbocycles. The average Bonchev–Trinajstić information content (AvgIpc) is 4.05. The molecule has 4 atom stereocenters. The molecule has 4 amide bonds. The van der Waals surface area contributed by atoms with Gasteiger partial charge in [-0.3, -0.25) is 9.59 Å². The highest BCUT2D eigenvalue weighted by Gasteiger charge is 2.39. The van der Waals surface area contributed by atoms with Gasteiger partial charge in [-0.2, -0.15) is 0 Å². The topological polar surface area (TPSA) is 188 Å². The zero-order chi connectivity index (χ0) is 40.1. The molecule has 0 radical (unpaired) electrons. The Hall–Kier alpha value is -5.77. The first kappa shape index (κ1) is 38.1. The smallest absolute Gasteiger partial charge is 0.407 e. The monoisotopic (exact) mass is 793 g/mol. The Balaban J connectivity index is 1.06. The zero-order valence-electron chi connectivity index (χ0n) is 32.8. The summed E-state index contributed by atoms with van der Waals surface area (Å²) in [4.78, 5) is 78.3. The molecular weight excluding hydrogens is 747 g/mol. The molecule has 2 aliphatic heterocycles. The second-order valence-corrected chi connectivity index (χ2v) is 16.6. The van der Waals surface area contributed by atoms with Crippen LogP contribution in [-0.2, 0) is 19.1 Å². The van der Waals surface area contributed by atoms with Gasteiger partial charge in [-0.1, -0.05) is 33.8 Å². The van der Waals surface area contributed by atoms with E-state index >= 15 is 0 Å². The van der Waals surface area contributed by atoms with E-state index < -0.39 is 24.3 Å². The summed E-state index contributed by atoms with van der Waals surface area (Å²) < 4.78 is 10.6. The highest BCUT2D eigenvalue weighted by atomic mass is 32.1. The van der Waals surface area contributed by atoms with E-state index in [0.29, 0.717) is 18.9 Å². The van der Waals surface area contributed by atoms with Crippen molar-refractivity contribution in [2.45, 2.75) is 77.5 Å². The summed E-state index contributed by atoms with van der Waals surface area (Å²) in [6.45, 7) is 8.77. The van der Waals surface area contributed by atoms with Gasteiger partial charge in [-0.05, 0) is 79.3 Å². The van der Waals surface area contributed by atoms with Crippen LogP contribution in [0.25, 0.3) is 53.6 Å². The number of methoxy groups -OCH3 is 2. The van der Waals surface area contributed by atoms with Crippen LogP contribution in [0.15, 0.2) is 42.5 Å². The van der Waals surface area contributed by atoms with Crippen molar-refractivity contribution in [1.29, 1.82) is 0 Å². The van der Waals surface area contributed by atoms with E-state index in [-0.39, 0.29) is 35.7 Å². The second-order valence-electron chi connectivity index (χ2n) is 15.6. The Labute approximate surface area is 332 Å². The van der Waals surface area contributed by atoms with E-state index in [1.54, 1.807) is 11.3 Å². The molecule has 16 heteroatoms. The Morgan fingerprint density at radius 3 is 1.81 bits per heavy atom. The first-order valence-electron chi connectivity index (χ1n) is 19.5. The molecule has 15 nitrogen and oxygen atoms in total. The maximum absolute atomic E-state index is 13.7. The van der Waals surface area contributed by atoms with Gasteiger partial charge in [0.2, 0.25) is 11.8 Å². The van der Waals surface area contributed by atoms with E-state index in [9.17, 15) is 19.2 Å². The van der Waals surface area contributed by atoms with E-state index in [4.69, 9.17) is 24.4 Å². The van der Waals surface area contributed by atoms with Crippen LogP contribution >= 0.6 is 11.3 Å². The van der Waals surface area contributed by atoms with E-state index in [0.717, 1.165) is 85.1 Å². The van der Waals surface area contributed by atoms with Crippen molar-refractivity contribution in [3.63, 3.8) is 0 Å². The number of alkyl carbamates (subject to hydrolysis) is 2. The minimum Gasteiger partial charge on any atom is -0.453 e. The van der Waals surface area contributed by atoms with Crippen LogP contribution in [0.3, 0.4) is 0 Å². The first-order valence-corrected chi connectivity index (χ1v) is 20.3. The number of aromatic nitrogens is 5. The number of nitrogens with one attached hydrogen (secondary N) is 4. The van der Waals surface area contributed by atoms with Crippen molar-refractivity contribution in [3.8, 4) is 10.6 Å². The van der Waals surface area contributed by atoms with E-state index in [1.165, 1.54) is 14.2 Å². The Morgan fingerprint density at radius 1 is 0.719 bits per heavy atom. The maximum Gasteiger partial charge on any atom is 0.407 e. The fourth-order valence-corrected chi connectivity index (χ4v) is 9.39. The lowest BCUT2D eigenvalue weighted by Gasteiger charge is -2.29. The molecule has 2 aromatic carbocycles. The van der Waals surface area contributed by atoms with Crippen LogP contribution in [0.2, 0.25) is 0 Å². The van der Waals surface area contributed by atoms with Gasteiger partial charge in [0.25, 0.3) is 0 Å². The number of hydrogen-bond acceptors (Lipinski definition) is 10. The number of rotatable bonds is 9. The number of carbonyl (C=O) groups excluding carboxylic acids is 4. The fourth-order valence-electron chi connectivity index (χ4n) is 8.26. The van der Waals surface area contributed by atoms with E-state index in [2.05, 4.69) is 38.8 Å². The number of amides is 4. The second kappa shape index (κ2) is 15.3. The van der Waals surface area contributed by atoms with Crippen LogP contribution in [0.5, 0.6) is 0 Å². The van der Waals surface area contributed by atoms with Crippen molar-refractivity contribution < 1.29 is 28.7 Å². The number of hydrogen-bond donors (Lipinski definition) is 4. The summed E-state index contributed by atoms with van der Waals surface area (Å²) in [5.74, 6) is 0.904. The summed E-state index contributed by atoms with van der Waals surface area (Å²) in [7, 11) is 2.58. The summed E-state index contributed by atoms with van der Waals surface area (Å²) in [6.07, 6.45) is 1.93. The maximum atomic E-state index is 13.7. The molecule has 2 saturated heterocycles. The molecule has 6 heterocycles. The highest BCUT2D eigenvalue weighted by molar-refractivity contribution is 7.23. The van der Waals surface area contributed by atoms with Gasteiger partial charge >= 0.3 is 12.2 Å². The lowest BCUT2D eigenvalue weighted by atomic mass is 10.0.